The van der Waals surface area contributed by atoms with Gasteiger partial charge in [0.15, 0.2) is 0 Å². The fourth-order valence-corrected chi connectivity index (χ4v) is 5.86. The molecule has 1 aromatic carbocycles. The lowest BCUT2D eigenvalue weighted by atomic mass is 10.0. The van der Waals surface area contributed by atoms with Gasteiger partial charge in [-0.3, -0.25) is 0 Å². The highest BCUT2D eigenvalue weighted by Crippen LogP contribution is 2.38. The van der Waals surface area contributed by atoms with Crippen LogP contribution in [0.15, 0.2) is 33.2 Å². The fourth-order valence-electron chi connectivity index (χ4n) is 2.50. The number of halogens is 2. The van der Waals surface area contributed by atoms with Crippen molar-refractivity contribution in [2.75, 3.05) is 12.8 Å². The predicted molar refractivity (Wildman–Crippen MR) is 96.9 cm³/mol. The van der Waals surface area contributed by atoms with Gasteiger partial charge in [0.25, 0.3) is 0 Å². The molecule has 1 atom stereocenters. The van der Waals surface area contributed by atoms with Crippen molar-refractivity contribution in [1.82, 2.24) is 5.32 Å². The van der Waals surface area contributed by atoms with E-state index in [1.54, 1.807) is 4.88 Å². The summed E-state index contributed by atoms with van der Waals surface area (Å²) in [7, 11) is 2.03. The van der Waals surface area contributed by atoms with Gasteiger partial charge in [-0.1, -0.05) is 31.9 Å². The van der Waals surface area contributed by atoms with E-state index in [2.05, 4.69) is 61.4 Å². The van der Waals surface area contributed by atoms with E-state index in [1.807, 2.05) is 30.1 Å². The third kappa shape index (κ3) is 3.02. The lowest BCUT2D eigenvalue weighted by Crippen LogP contribution is -2.17. The minimum Gasteiger partial charge on any atom is -0.309 e. The minimum absolute atomic E-state index is 0.252. The molecule has 5 heteroatoms. The summed E-state index contributed by atoms with van der Waals surface area (Å²) in [6, 6.07) is 9.01. The molecule has 0 saturated heterocycles. The first-order valence-corrected chi connectivity index (χ1v) is 10.1. The Balaban J connectivity index is 2.01. The fraction of sp³-hybridized carbons (Fsp3) is 0.333. The molecule has 3 rings (SSSR count). The van der Waals surface area contributed by atoms with E-state index in [0.717, 1.165) is 8.95 Å². The predicted octanol–water partition coefficient (Wildman–Crippen LogP) is 5.37. The van der Waals surface area contributed by atoms with Crippen LogP contribution in [0.3, 0.4) is 0 Å². The summed E-state index contributed by atoms with van der Waals surface area (Å²) < 4.78 is 2.27. The van der Waals surface area contributed by atoms with Crippen molar-refractivity contribution >= 4 is 55.0 Å². The third-order valence-corrected chi connectivity index (χ3v) is 7.01. The highest BCUT2D eigenvalue weighted by molar-refractivity contribution is 9.11. The summed E-state index contributed by atoms with van der Waals surface area (Å²) >= 11 is 11.3. The Kier molecular flexibility index (Phi) is 4.93. The quantitative estimate of drug-likeness (QED) is 0.699. The van der Waals surface area contributed by atoms with Crippen LogP contribution in [0.1, 0.15) is 26.9 Å². The summed E-state index contributed by atoms with van der Waals surface area (Å²) in [6.45, 7) is 0. The van der Waals surface area contributed by atoms with Gasteiger partial charge in [0.05, 0.1) is 6.04 Å². The third-order valence-electron chi connectivity index (χ3n) is 3.49. The topological polar surface area (TPSA) is 12.0 Å². The number of rotatable bonds is 3. The maximum Gasteiger partial charge on any atom is 0.0680 e. The molecule has 0 fully saturated rings. The van der Waals surface area contributed by atoms with E-state index in [1.165, 1.54) is 33.9 Å². The van der Waals surface area contributed by atoms with Crippen molar-refractivity contribution in [3.8, 4) is 0 Å². The largest absolute Gasteiger partial charge is 0.309 e. The second-order valence-electron chi connectivity index (χ2n) is 4.79. The zero-order valence-corrected chi connectivity index (χ0v) is 15.9. The van der Waals surface area contributed by atoms with Crippen LogP contribution in [0, 0.1) is 0 Å². The van der Waals surface area contributed by atoms with Crippen LogP contribution in [0.5, 0.6) is 0 Å². The number of nitrogens with one attached hydrogen (secondary N) is 1. The van der Waals surface area contributed by atoms with Gasteiger partial charge >= 0.3 is 0 Å². The van der Waals surface area contributed by atoms with Crippen molar-refractivity contribution in [3.05, 3.63) is 54.1 Å². The highest BCUT2D eigenvalue weighted by Gasteiger charge is 2.21. The molecule has 2 aromatic rings. The zero-order chi connectivity index (χ0) is 14.1. The normalized spacial score (nSPS) is 15.9. The minimum atomic E-state index is 0.252. The smallest absolute Gasteiger partial charge is 0.0680 e. The monoisotopic (exact) mass is 431 g/mol. The molecule has 0 aliphatic carbocycles. The molecule has 1 unspecified atom stereocenters. The SMILES string of the molecule is CNC(c1cc2c(s1)CCSC2)c1cc(Br)ccc1Br. The lowest BCUT2D eigenvalue weighted by molar-refractivity contribution is 0.700. The summed E-state index contributed by atoms with van der Waals surface area (Å²) in [5.41, 5.74) is 2.82. The van der Waals surface area contributed by atoms with E-state index in [-0.39, 0.29) is 6.04 Å². The molecule has 0 bridgehead atoms. The number of thioether (sulfide) groups is 1. The van der Waals surface area contributed by atoms with Gasteiger partial charge in [0, 0.05) is 24.5 Å². The Bertz CT molecular complexity index is 601. The van der Waals surface area contributed by atoms with Gasteiger partial charge in [-0.25, -0.2) is 0 Å². The standard InChI is InChI=1S/C15H15Br2NS2/c1-18-15(11-7-10(16)2-3-12(11)17)14-6-9-8-19-5-4-13(9)20-14/h2-3,6-7,15,18H,4-5,8H2,1H3. The molecule has 0 spiro atoms. The first-order valence-electron chi connectivity index (χ1n) is 6.50. The van der Waals surface area contributed by atoms with Gasteiger partial charge in [-0.15, -0.1) is 11.3 Å². The molecule has 1 N–H and O–H groups in total. The molecular formula is C15H15Br2NS2. The number of fused-ring (bicyclic) bond motifs is 1. The Morgan fingerprint density at radius 3 is 2.85 bits per heavy atom. The summed E-state index contributed by atoms with van der Waals surface area (Å²) in [5, 5.41) is 3.46. The molecule has 1 aliphatic heterocycles. The molecule has 106 valence electrons. The summed E-state index contributed by atoms with van der Waals surface area (Å²) in [6.07, 6.45) is 1.22. The maximum atomic E-state index is 3.68. The van der Waals surface area contributed by atoms with Crippen molar-refractivity contribution in [1.29, 1.82) is 0 Å². The number of aryl methyl sites for hydroxylation is 1. The van der Waals surface area contributed by atoms with E-state index < -0.39 is 0 Å². The van der Waals surface area contributed by atoms with Crippen LogP contribution < -0.4 is 5.32 Å². The Morgan fingerprint density at radius 2 is 2.10 bits per heavy atom. The van der Waals surface area contributed by atoms with Crippen LogP contribution in [0.2, 0.25) is 0 Å². The van der Waals surface area contributed by atoms with Crippen molar-refractivity contribution in [3.63, 3.8) is 0 Å². The molecule has 20 heavy (non-hydrogen) atoms. The first kappa shape index (κ1) is 15.1. The average molecular weight is 433 g/mol. The van der Waals surface area contributed by atoms with Gasteiger partial charge in [0.1, 0.15) is 0 Å². The van der Waals surface area contributed by atoms with Gasteiger partial charge in [-0.2, -0.15) is 11.8 Å². The van der Waals surface area contributed by atoms with Crippen LogP contribution in [-0.4, -0.2) is 12.8 Å². The van der Waals surface area contributed by atoms with E-state index in [9.17, 15) is 0 Å². The summed E-state index contributed by atoms with van der Waals surface area (Å²) in [5.74, 6) is 2.43. The van der Waals surface area contributed by atoms with Gasteiger partial charge < -0.3 is 5.32 Å². The number of benzene rings is 1. The number of hydrogen-bond donors (Lipinski definition) is 1. The highest BCUT2D eigenvalue weighted by atomic mass is 79.9. The Hall–Kier alpha value is 0.190. The van der Waals surface area contributed by atoms with E-state index in [0.29, 0.717) is 0 Å². The van der Waals surface area contributed by atoms with Crippen molar-refractivity contribution in [2.24, 2.45) is 0 Å². The molecule has 0 saturated carbocycles. The molecule has 2 heterocycles. The van der Waals surface area contributed by atoms with Gasteiger partial charge in [0.2, 0.25) is 0 Å². The molecular weight excluding hydrogens is 418 g/mol. The second-order valence-corrected chi connectivity index (χ2v) is 8.83. The molecule has 1 aliphatic rings. The van der Waals surface area contributed by atoms with Crippen molar-refractivity contribution < 1.29 is 0 Å². The van der Waals surface area contributed by atoms with Gasteiger partial charge in [-0.05, 0) is 54.6 Å². The number of hydrogen-bond acceptors (Lipinski definition) is 3. The van der Waals surface area contributed by atoms with Crippen LogP contribution in [0.4, 0.5) is 0 Å². The second kappa shape index (κ2) is 6.53. The van der Waals surface area contributed by atoms with Crippen molar-refractivity contribution in [2.45, 2.75) is 18.2 Å². The first-order chi connectivity index (χ1) is 9.69. The Morgan fingerprint density at radius 1 is 1.25 bits per heavy atom. The van der Waals surface area contributed by atoms with Crippen LogP contribution in [0.25, 0.3) is 0 Å². The molecule has 0 amide bonds. The molecule has 1 nitrogen and oxygen atoms in total. The van der Waals surface area contributed by atoms with Crippen LogP contribution in [-0.2, 0) is 12.2 Å². The maximum absolute atomic E-state index is 3.68. The number of thiophene rings is 1. The Labute approximate surface area is 144 Å². The van der Waals surface area contributed by atoms with E-state index >= 15 is 0 Å². The average Bonchev–Trinajstić information content (AvgIpc) is 2.87. The lowest BCUT2D eigenvalue weighted by Gasteiger charge is -2.17. The molecule has 0 radical (unpaired) electrons. The summed E-state index contributed by atoms with van der Waals surface area (Å²) in [4.78, 5) is 2.99. The van der Waals surface area contributed by atoms with E-state index in [4.69, 9.17) is 0 Å². The van der Waals surface area contributed by atoms with Crippen LogP contribution >= 0.6 is 55.0 Å². The molecule has 1 aromatic heterocycles. The zero-order valence-electron chi connectivity index (χ0n) is 11.1.